The molecule has 10 nitrogen and oxygen atoms in total. The Balaban J connectivity index is 1.43. The minimum atomic E-state index is -3.66. The number of nitrogens with one attached hydrogen (secondary N) is 1. The van der Waals surface area contributed by atoms with Crippen LogP contribution in [0.25, 0.3) is 0 Å². The molecule has 0 atom stereocenters. The van der Waals surface area contributed by atoms with E-state index in [-0.39, 0.29) is 43.0 Å². The molecule has 12 heteroatoms. The highest BCUT2D eigenvalue weighted by atomic mass is 32.2. The smallest absolute Gasteiger partial charge is 0.282 e. The van der Waals surface area contributed by atoms with Gasteiger partial charge in [-0.1, -0.05) is 6.07 Å². The molecule has 178 valence electrons. The molecule has 0 unspecified atom stereocenters. The summed E-state index contributed by atoms with van der Waals surface area (Å²) in [5, 5.41) is 0. The average molecular weight is 486 g/mol. The number of benzene rings is 1. The standard InChI is InChI=1S/C20H31N5O5S2/c1-16-3-6-18(31(27,28)21-17-4-5-17)15-19(16)20(26)23-9-13-25(14-10-23)32(29,30)24-11-7-22(2)8-12-24/h3,6,15,17,21H,4-5,7-14H2,1-2H3. The molecule has 2 heterocycles. The van der Waals surface area contributed by atoms with Gasteiger partial charge in [0.05, 0.1) is 4.90 Å². The highest BCUT2D eigenvalue weighted by Crippen LogP contribution is 2.24. The van der Waals surface area contributed by atoms with Crippen molar-refractivity contribution in [3.63, 3.8) is 0 Å². The zero-order valence-corrected chi connectivity index (χ0v) is 20.2. The van der Waals surface area contributed by atoms with Gasteiger partial charge < -0.3 is 9.80 Å². The lowest BCUT2D eigenvalue weighted by molar-refractivity contribution is 0.0691. The first kappa shape index (κ1) is 23.6. The Bertz CT molecular complexity index is 1070. The predicted octanol–water partition coefficient (Wildman–Crippen LogP) is -0.314. The van der Waals surface area contributed by atoms with Gasteiger partial charge in [0, 0.05) is 64.0 Å². The summed E-state index contributed by atoms with van der Waals surface area (Å²) in [6.07, 6.45) is 1.66. The zero-order valence-electron chi connectivity index (χ0n) is 18.5. The topological polar surface area (TPSA) is 110 Å². The van der Waals surface area contributed by atoms with E-state index < -0.39 is 20.2 Å². The van der Waals surface area contributed by atoms with Crippen LogP contribution in [0.3, 0.4) is 0 Å². The Labute approximate surface area is 190 Å². The van der Waals surface area contributed by atoms with Crippen molar-refractivity contribution >= 4 is 26.1 Å². The van der Waals surface area contributed by atoms with E-state index in [1.165, 1.54) is 20.7 Å². The van der Waals surface area contributed by atoms with Crippen molar-refractivity contribution in [2.24, 2.45) is 0 Å². The van der Waals surface area contributed by atoms with Gasteiger partial charge in [0.1, 0.15) is 0 Å². The van der Waals surface area contributed by atoms with E-state index in [0.29, 0.717) is 37.3 Å². The lowest BCUT2D eigenvalue weighted by Crippen LogP contribution is -2.57. The summed E-state index contributed by atoms with van der Waals surface area (Å²) in [4.78, 5) is 16.9. The normalized spacial score (nSPS) is 22.2. The van der Waals surface area contributed by atoms with Crippen LogP contribution in [-0.2, 0) is 20.2 Å². The maximum atomic E-state index is 13.2. The maximum absolute atomic E-state index is 13.2. The number of hydrogen-bond donors (Lipinski definition) is 1. The number of nitrogens with zero attached hydrogens (tertiary/aromatic N) is 4. The minimum absolute atomic E-state index is 0.0178. The van der Waals surface area contributed by atoms with Crippen molar-refractivity contribution in [1.29, 1.82) is 0 Å². The predicted molar refractivity (Wildman–Crippen MR) is 120 cm³/mol. The quantitative estimate of drug-likeness (QED) is 0.592. The van der Waals surface area contributed by atoms with Crippen molar-refractivity contribution in [1.82, 2.24) is 23.1 Å². The Hall–Kier alpha value is -1.57. The zero-order chi connectivity index (χ0) is 23.1. The summed E-state index contributed by atoms with van der Waals surface area (Å²) in [5.74, 6) is -0.275. The molecule has 2 aliphatic heterocycles. The van der Waals surface area contributed by atoms with E-state index in [1.807, 2.05) is 7.05 Å². The van der Waals surface area contributed by atoms with Crippen LogP contribution in [0, 0.1) is 6.92 Å². The van der Waals surface area contributed by atoms with E-state index in [4.69, 9.17) is 0 Å². The fourth-order valence-electron chi connectivity index (χ4n) is 3.96. The lowest BCUT2D eigenvalue weighted by atomic mass is 10.1. The van der Waals surface area contributed by atoms with Crippen LogP contribution in [0.1, 0.15) is 28.8 Å². The monoisotopic (exact) mass is 485 g/mol. The fourth-order valence-corrected chi connectivity index (χ4v) is 6.87. The molecular formula is C20H31N5O5S2. The molecule has 0 bridgehead atoms. The fraction of sp³-hybridized carbons (Fsp3) is 0.650. The van der Waals surface area contributed by atoms with Crippen molar-refractivity contribution in [3.8, 4) is 0 Å². The molecule has 4 rings (SSSR count). The molecule has 1 N–H and O–H groups in total. The van der Waals surface area contributed by atoms with Gasteiger partial charge in [-0.2, -0.15) is 17.0 Å². The average Bonchev–Trinajstić information content (AvgIpc) is 3.57. The van der Waals surface area contributed by atoms with Crippen LogP contribution in [0.15, 0.2) is 23.1 Å². The molecule has 3 fully saturated rings. The Morgan fingerprint density at radius 1 is 0.906 bits per heavy atom. The Morgan fingerprint density at radius 2 is 1.47 bits per heavy atom. The van der Waals surface area contributed by atoms with E-state index in [2.05, 4.69) is 9.62 Å². The van der Waals surface area contributed by atoms with Crippen LogP contribution in [-0.4, -0.2) is 107 Å². The number of carbonyl (C=O) groups excluding carboxylic acids is 1. The van der Waals surface area contributed by atoms with E-state index >= 15 is 0 Å². The van der Waals surface area contributed by atoms with Gasteiger partial charge in [0.2, 0.25) is 10.0 Å². The number of likely N-dealkylation sites (N-methyl/N-ethyl adjacent to an activating group) is 1. The number of aryl methyl sites for hydroxylation is 1. The largest absolute Gasteiger partial charge is 0.336 e. The molecule has 1 amide bonds. The third kappa shape index (κ3) is 5.00. The van der Waals surface area contributed by atoms with Gasteiger partial charge in [-0.3, -0.25) is 4.79 Å². The molecule has 32 heavy (non-hydrogen) atoms. The Kier molecular flexibility index (Phi) is 6.63. The Morgan fingerprint density at radius 3 is 2.03 bits per heavy atom. The van der Waals surface area contributed by atoms with Gasteiger partial charge in [0.15, 0.2) is 0 Å². The highest BCUT2D eigenvalue weighted by Gasteiger charge is 2.35. The molecule has 0 radical (unpaired) electrons. The molecular weight excluding hydrogens is 454 g/mol. The highest BCUT2D eigenvalue weighted by molar-refractivity contribution is 7.89. The van der Waals surface area contributed by atoms with Crippen LogP contribution in [0.4, 0.5) is 0 Å². The first-order valence-electron chi connectivity index (χ1n) is 10.9. The van der Waals surface area contributed by atoms with Crippen molar-refractivity contribution in [2.45, 2.75) is 30.7 Å². The number of sulfonamides is 1. The second kappa shape index (κ2) is 8.99. The number of amides is 1. The van der Waals surface area contributed by atoms with Gasteiger partial charge in [-0.15, -0.1) is 0 Å². The van der Waals surface area contributed by atoms with Gasteiger partial charge in [-0.25, -0.2) is 13.1 Å². The van der Waals surface area contributed by atoms with Crippen molar-refractivity contribution in [3.05, 3.63) is 29.3 Å². The third-order valence-electron chi connectivity index (χ3n) is 6.29. The molecule has 1 saturated carbocycles. The summed E-state index contributed by atoms with van der Waals surface area (Å²) < 4.78 is 56.6. The molecule has 0 aromatic heterocycles. The second-order valence-electron chi connectivity index (χ2n) is 8.77. The van der Waals surface area contributed by atoms with Crippen LogP contribution >= 0.6 is 0 Å². The molecule has 2 saturated heterocycles. The summed E-state index contributed by atoms with van der Waals surface area (Å²) >= 11 is 0. The van der Waals surface area contributed by atoms with Crippen LogP contribution in [0.5, 0.6) is 0 Å². The van der Waals surface area contributed by atoms with Crippen LogP contribution in [0.2, 0.25) is 0 Å². The van der Waals surface area contributed by atoms with E-state index in [1.54, 1.807) is 17.9 Å². The van der Waals surface area contributed by atoms with Gasteiger partial charge >= 0.3 is 0 Å². The van der Waals surface area contributed by atoms with E-state index in [0.717, 1.165) is 12.8 Å². The van der Waals surface area contributed by atoms with Gasteiger partial charge in [-0.05, 0) is 44.5 Å². The number of carbonyl (C=O) groups is 1. The lowest BCUT2D eigenvalue weighted by Gasteiger charge is -2.39. The third-order valence-corrected chi connectivity index (χ3v) is 9.84. The first-order chi connectivity index (χ1) is 15.1. The summed E-state index contributed by atoms with van der Waals surface area (Å²) in [6.45, 7) is 5.08. The summed E-state index contributed by atoms with van der Waals surface area (Å²) in [6, 6.07) is 4.56. The molecule has 1 aromatic rings. The number of rotatable bonds is 6. The summed E-state index contributed by atoms with van der Waals surface area (Å²) in [7, 11) is -5.24. The molecule has 3 aliphatic rings. The molecule has 1 aromatic carbocycles. The summed E-state index contributed by atoms with van der Waals surface area (Å²) in [5.41, 5.74) is 1.02. The molecule has 0 spiro atoms. The number of hydrogen-bond acceptors (Lipinski definition) is 6. The minimum Gasteiger partial charge on any atom is -0.336 e. The van der Waals surface area contributed by atoms with Crippen molar-refractivity contribution in [2.75, 3.05) is 59.4 Å². The van der Waals surface area contributed by atoms with Crippen molar-refractivity contribution < 1.29 is 21.6 Å². The second-order valence-corrected chi connectivity index (χ2v) is 12.4. The number of piperazine rings is 2. The first-order valence-corrected chi connectivity index (χ1v) is 13.8. The molecule has 1 aliphatic carbocycles. The maximum Gasteiger partial charge on any atom is 0.282 e. The van der Waals surface area contributed by atoms with Crippen LogP contribution < -0.4 is 4.72 Å². The van der Waals surface area contributed by atoms with E-state index in [9.17, 15) is 21.6 Å². The SMILES string of the molecule is Cc1ccc(S(=O)(=O)NC2CC2)cc1C(=O)N1CCN(S(=O)(=O)N2CCN(C)CC2)CC1. The van der Waals surface area contributed by atoms with Gasteiger partial charge in [0.25, 0.3) is 16.1 Å².